The van der Waals surface area contributed by atoms with Crippen LogP contribution in [-0.4, -0.2) is 43.3 Å². The Labute approximate surface area is 161 Å². The normalized spacial score (nSPS) is 13.5. The molecule has 26 heavy (non-hydrogen) atoms. The SMILES string of the molecule is COc1cc(CON2CCN=C2Nc2c(Cl)cccc2Cl)cnc1OC. The zero-order valence-corrected chi connectivity index (χ0v) is 15.8. The molecule has 7 nitrogen and oxygen atoms in total. The third kappa shape index (κ3) is 4.12. The molecule has 9 heteroatoms. The van der Waals surface area contributed by atoms with Gasteiger partial charge in [0.05, 0.1) is 43.0 Å². The summed E-state index contributed by atoms with van der Waals surface area (Å²) in [5, 5.41) is 5.81. The van der Waals surface area contributed by atoms with Gasteiger partial charge in [0, 0.05) is 11.8 Å². The van der Waals surface area contributed by atoms with Crippen LogP contribution in [0.15, 0.2) is 35.5 Å². The van der Waals surface area contributed by atoms with Crippen LogP contribution in [0.4, 0.5) is 5.69 Å². The highest BCUT2D eigenvalue weighted by atomic mass is 35.5. The van der Waals surface area contributed by atoms with E-state index in [1.54, 1.807) is 43.7 Å². The fraction of sp³-hybridized carbons (Fsp3) is 0.294. The zero-order valence-electron chi connectivity index (χ0n) is 14.3. The summed E-state index contributed by atoms with van der Waals surface area (Å²) >= 11 is 12.4. The first kappa shape index (κ1) is 18.6. The number of benzene rings is 1. The van der Waals surface area contributed by atoms with Crippen molar-refractivity contribution in [3.63, 3.8) is 0 Å². The lowest BCUT2D eigenvalue weighted by Gasteiger charge is -2.21. The summed E-state index contributed by atoms with van der Waals surface area (Å²) in [6.45, 7) is 1.52. The van der Waals surface area contributed by atoms with Gasteiger partial charge in [0.15, 0.2) is 5.75 Å². The number of hydroxylamine groups is 2. The number of hydrogen-bond acceptors (Lipinski definition) is 7. The van der Waals surface area contributed by atoms with Crippen molar-refractivity contribution in [1.82, 2.24) is 10.0 Å². The fourth-order valence-corrected chi connectivity index (χ4v) is 2.88. The Balaban J connectivity index is 1.66. The predicted molar refractivity (Wildman–Crippen MR) is 101 cm³/mol. The van der Waals surface area contributed by atoms with Crippen molar-refractivity contribution in [3.05, 3.63) is 46.1 Å². The number of aromatic nitrogens is 1. The Morgan fingerprint density at radius 1 is 1.19 bits per heavy atom. The van der Waals surface area contributed by atoms with E-state index >= 15 is 0 Å². The highest BCUT2D eigenvalue weighted by molar-refractivity contribution is 6.39. The summed E-state index contributed by atoms with van der Waals surface area (Å²) in [5.74, 6) is 1.52. The van der Waals surface area contributed by atoms with Crippen molar-refractivity contribution in [2.75, 3.05) is 32.6 Å². The van der Waals surface area contributed by atoms with Crippen LogP contribution in [0.2, 0.25) is 10.0 Å². The van der Waals surface area contributed by atoms with Crippen LogP contribution in [0.1, 0.15) is 5.56 Å². The lowest BCUT2D eigenvalue weighted by atomic mass is 10.3. The second-order valence-electron chi connectivity index (χ2n) is 5.36. The number of pyridine rings is 1. The first-order chi connectivity index (χ1) is 12.6. The number of para-hydroxylation sites is 1. The molecule has 0 atom stereocenters. The van der Waals surface area contributed by atoms with Gasteiger partial charge < -0.3 is 14.8 Å². The highest BCUT2D eigenvalue weighted by Gasteiger charge is 2.20. The Kier molecular flexibility index (Phi) is 6.03. The van der Waals surface area contributed by atoms with Gasteiger partial charge in [-0.25, -0.2) is 15.0 Å². The van der Waals surface area contributed by atoms with Crippen molar-refractivity contribution < 1.29 is 14.3 Å². The van der Waals surface area contributed by atoms with Gasteiger partial charge in [-0.3, -0.25) is 4.84 Å². The van der Waals surface area contributed by atoms with Gasteiger partial charge in [-0.2, -0.15) is 0 Å². The van der Waals surface area contributed by atoms with Crippen LogP contribution in [0.25, 0.3) is 0 Å². The molecule has 2 aromatic rings. The number of nitrogens with zero attached hydrogens (tertiary/aromatic N) is 3. The Hall–Kier alpha value is -2.22. The standard InChI is InChI=1S/C17H18Cl2N4O3/c1-24-14-8-11(9-21-16(14)25-2)10-26-23-7-6-20-17(23)22-15-12(18)4-3-5-13(15)19/h3-5,8-9H,6-7,10H2,1-2H3,(H,20,22). The average Bonchev–Trinajstić information content (AvgIpc) is 3.10. The minimum atomic E-state index is 0.296. The molecule has 0 saturated carbocycles. The van der Waals surface area contributed by atoms with Crippen LogP contribution < -0.4 is 14.8 Å². The third-order valence-corrected chi connectivity index (χ3v) is 4.31. The van der Waals surface area contributed by atoms with Crippen molar-refractivity contribution in [3.8, 4) is 11.6 Å². The fourth-order valence-electron chi connectivity index (χ4n) is 2.39. The van der Waals surface area contributed by atoms with Gasteiger partial charge in [0.1, 0.15) is 6.61 Å². The lowest BCUT2D eigenvalue weighted by Crippen LogP contribution is -2.33. The maximum absolute atomic E-state index is 6.20. The zero-order chi connectivity index (χ0) is 18.5. The summed E-state index contributed by atoms with van der Waals surface area (Å²) in [4.78, 5) is 14.4. The highest BCUT2D eigenvalue weighted by Crippen LogP contribution is 2.30. The van der Waals surface area contributed by atoms with E-state index in [1.165, 1.54) is 0 Å². The Bertz CT molecular complexity index is 796. The van der Waals surface area contributed by atoms with Gasteiger partial charge >= 0.3 is 0 Å². The average molecular weight is 397 g/mol. The topological polar surface area (TPSA) is 68.2 Å². The number of halogens is 2. The predicted octanol–water partition coefficient (Wildman–Crippen LogP) is 3.62. The van der Waals surface area contributed by atoms with E-state index in [9.17, 15) is 0 Å². The maximum Gasteiger partial charge on any atom is 0.256 e. The quantitative estimate of drug-likeness (QED) is 0.803. The van der Waals surface area contributed by atoms with E-state index in [1.807, 2.05) is 6.07 Å². The number of aliphatic imine (C=N–C) groups is 1. The molecular weight excluding hydrogens is 379 g/mol. The monoisotopic (exact) mass is 396 g/mol. The molecule has 1 N–H and O–H groups in total. The molecule has 0 spiro atoms. The third-order valence-electron chi connectivity index (χ3n) is 3.68. The van der Waals surface area contributed by atoms with Gasteiger partial charge in [-0.1, -0.05) is 29.3 Å². The summed E-state index contributed by atoms with van der Waals surface area (Å²) in [6, 6.07) is 7.11. The summed E-state index contributed by atoms with van der Waals surface area (Å²) in [6.07, 6.45) is 1.67. The second-order valence-corrected chi connectivity index (χ2v) is 6.17. The van der Waals surface area contributed by atoms with Crippen molar-refractivity contribution in [2.45, 2.75) is 6.61 Å². The maximum atomic E-state index is 6.20. The molecule has 1 aliphatic rings. The molecule has 0 unspecified atom stereocenters. The molecule has 0 aliphatic carbocycles. The van der Waals surface area contributed by atoms with Crippen LogP contribution in [0, 0.1) is 0 Å². The van der Waals surface area contributed by atoms with Crippen molar-refractivity contribution in [1.29, 1.82) is 0 Å². The van der Waals surface area contributed by atoms with Crippen LogP contribution in [0.3, 0.4) is 0 Å². The molecule has 0 saturated heterocycles. The van der Waals surface area contributed by atoms with Gasteiger partial charge in [0.2, 0.25) is 5.96 Å². The first-order valence-electron chi connectivity index (χ1n) is 7.85. The van der Waals surface area contributed by atoms with E-state index in [0.29, 0.717) is 53.0 Å². The molecule has 0 bridgehead atoms. The van der Waals surface area contributed by atoms with E-state index in [0.717, 1.165) is 5.56 Å². The summed E-state index contributed by atoms with van der Waals surface area (Å²) < 4.78 is 10.4. The molecule has 1 aromatic heterocycles. The largest absolute Gasteiger partial charge is 0.491 e. The number of hydrogen-bond donors (Lipinski definition) is 1. The Morgan fingerprint density at radius 3 is 2.65 bits per heavy atom. The van der Waals surface area contributed by atoms with E-state index in [-0.39, 0.29) is 0 Å². The van der Waals surface area contributed by atoms with E-state index < -0.39 is 0 Å². The van der Waals surface area contributed by atoms with Crippen LogP contribution in [0.5, 0.6) is 11.6 Å². The molecule has 138 valence electrons. The first-order valence-corrected chi connectivity index (χ1v) is 8.60. The Morgan fingerprint density at radius 2 is 1.96 bits per heavy atom. The van der Waals surface area contributed by atoms with Gasteiger partial charge in [0.25, 0.3) is 5.88 Å². The number of guanidine groups is 1. The molecule has 1 aromatic carbocycles. The number of rotatable bonds is 6. The molecule has 0 radical (unpaired) electrons. The van der Waals surface area contributed by atoms with Crippen molar-refractivity contribution in [2.24, 2.45) is 4.99 Å². The number of nitrogens with one attached hydrogen (secondary N) is 1. The van der Waals surface area contributed by atoms with Gasteiger partial charge in [-0.05, 0) is 18.2 Å². The van der Waals surface area contributed by atoms with Gasteiger partial charge in [-0.15, -0.1) is 0 Å². The number of ether oxygens (including phenoxy) is 2. The molecule has 3 rings (SSSR count). The minimum absolute atomic E-state index is 0.296. The molecular formula is C17H18Cl2N4O3. The summed E-state index contributed by atoms with van der Waals surface area (Å²) in [7, 11) is 3.10. The van der Waals surface area contributed by atoms with Crippen LogP contribution >= 0.6 is 23.2 Å². The molecule has 0 fully saturated rings. The molecule has 2 heterocycles. The summed E-state index contributed by atoms with van der Waals surface area (Å²) in [5.41, 5.74) is 1.43. The second kappa shape index (κ2) is 8.44. The molecule has 1 aliphatic heterocycles. The smallest absolute Gasteiger partial charge is 0.256 e. The van der Waals surface area contributed by atoms with E-state index in [4.69, 9.17) is 37.5 Å². The number of methoxy groups -OCH3 is 2. The van der Waals surface area contributed by atoms with Crippen molar-refractivity contribution >= 4 is 34.8 Å². The van der Waals surface area contributed by atoms with E-state index in [2.05, 4.69) is 15.3 Å². The van der Waals surface area contributed by atoms with Crippen LogP contribution in [-0.2, 0) is 11.4 Å². The lowest BCUT2D eigenvalue weighted by molar-refractivity contribution is -0.103. The number of anilines is 1. The molecule has 0 amide bonds. The minimum Gasteiger partial charge on any atom is -0.491 e.